The second kappa shape index (κ2) is 12.3. The molecule has 2 aromatic carbocycles. The van der Waals surface area contributed by atoms with Gasteiger partial charge in [-0.2, -0.15) is 0 Å². The number of hydrogen-bond donors (Lipinski definition) is 1. The van der Waals surface area contributed by atoms with Crippen LogP contribution >= 0.6 is 0 Å². The molecule has 1 aliphatic carbocycles. The third-order valence-corrected chi connectivity index (χ3v) is 8.07. The minimum Gasteiger partial charge on any atom is -0.496 e. The largest absolute Gasteiger partial charge is 0.496 e. The van der Waals surface area contributed by atoms with E-state index in [1.165, 1.54) is 21.3 Å². The monoisotopic (exact) mass is 563 g/mol. The van der Waals surface area contributed by atoms with Gasteiger partial charge >= 0.3 is 5.97 Å². The SMILES string of the molecule is COc1ccccc1[C@@H]1CC(=O)C2=C(C1)NC(C)=C(C(=O)OC[C@@H]1CCCO1)[C@H]2c1cc(OC)c(OC)c(OC)c1. The van der Waals surface area contributed by atoms with E-state index < -0.39 is 11.9 Å². The molecule has 1 N–H and O–H groups in total. The number of ketones is 1. The molecule has 5 rings (SSSR count). The molecule has 9 heteroatoms. The number of methoxy groups -OCH3 is 4. The van der Waals surface area contributed by atoms with Gasteiger partial charge in [-0.15, -0.1) is 0 Å². The molecule has 0 saturated carbocycles. The van der Waals surface area contributed by atoms with Gasteiger partial charge in [-0.3, -0.25) is 4.79 Å². The van der Waals surface area contributed by atoms with E-state index in [0.717, 1.165) is 29.9 Å². The zero-order valence-electron chi connectivity index (χ0n) is 24.2. The number of benzene rings is 2. The smallest absolute Gasteiger partial charge is 0.336 e. The van der Waals surface area contributed by atoms with Crippen LogP contribution in [0.15, 0.2) is 58.9 Å². The zero-order valence-corrected chi connectivity index (χ0v) is 24.2. The summed E-state index contributed by atoms with van der Waals surface area (Å²) in [5.74, 6) is 0.730. The van der Waals surface area contributed by atoms with Gasteiger partial charge < -0.3 is 33.7 Å². The number of hydrogen-bond acceptors (Lipinski definition) is 9. The molecule has 9 nitrogen and oxygen atoms in total. The lowest BCUT2D eigenvalue weighted by Crippen LogP contribution is -2.36. The molecule has 0 bridgehead atoms. The highest BCUT2D eigenvalue weighted by Gasteiger charge is 2.42. The van der Waals surface area contributed by atoms with Crippen LogP contribution < -0.4 is 24.3 Å². The van der Waals surface area contributed by atoms with Crippen LogP contribution in [0.4, 0.5) is 0 Å². The Balaban J connectivity index is 1.59. The molecule has 2 heterocycles. The van der Waals surface area contributed by atoms with Gasteiger partial charge in [-0.1, -0.05) is 18.2 Å². The maximum absolute atomic E-state index is 14.0. The van der Waals surface area contributed by atoms with Crippen molar-refractivity contribution in [2.75, 3.05) is 41.7 Å². The van der Waals surface area contributed by atoms with Crippen molar-refractivity contribution < 1.29 is 38.0 Å². The Morgan fingerprint density at radius 2 is 1.68 bits per heavy atom. The molecule has 1 fully saturated rings. The topological polar surface area (TPSA) is 102 Å². The van der Waals surface area contributed by atoms with E-state index in [9.17, 15) is 9.59 Å². The number of para-hydroxylation sites is 1. The maximum atomic E-state index is 14.0. The van der Waals surface area contributed by atoms with Gasteiger partial charge in [0.2, 0.25) is 5.75 Å². The number of nitrogens with one attached hydrogen (secondary N) is 1. The molecule has 218 valence electrons. The van der Waals surface area contributed by atoms with Gasteiger partial charge in [0.1, 0.15) is 12.4 Å². The third-order valence-electron chi connectivity index (χ3n) is 8.07. The fourth-order valence-electron chi connectivity index (χ4n) is 6.16. The van der Waals surface area contributed by atoms with Crippen LogP contribution in [-0.2, 0) is 19.1 Å². The van der Waals surface area contributed by atoms with Crippen LogP contribution in [0.5, 0.6) is 23.0 Å². The molecular formula is C32H37NO8. The first-order chi connectivity index (χ1) is 19.9. The van der Waals surface area contributed by atoms with Crippen molar-refractivity contribution in [3.63, 3.8) is 0 Å². The van der Waals surface area contributed by atoms with E-state index in [0.29, 0.717) is 52.7 Å². The summed E-state index contributed by atoms with van der Waals surface area (Å²) in [7, 11) is 6.24. The van der Waals surface area contributed by atoms with Gasteiger partial charge in [0.15, 0.2) is 17.3 Å². The second-order valence-electron chi connectivity index (χ2n) is 10.5. The van der Waals surface area contributed by atoms with Crippen molar-refractivity contribution >= 4 is 11.8 Å². The average Bonchev–Trinajstić information content (AvgIpc) is 3.52. The predicted octanol–water partition coefficient (Wildman–Crippen LogP) is 4.80. The van der Waals surface area contributed by atoms with Crippen molar-refractivity contribution in [2.24, 2.45) is 0 Å². The Bertz CT molecular complexity index is 1360. The molecule has 3 atom stereocenters. The van der Waals surface area contributed by atoms with Gasteiger partial charge in [-0.05, 0) is 55.5 Å². The van der Waals surface area contributed by atoms with Crippen molar-refractivity contribution in [2.45, 2.75) is 50.5 Å². The van der Waals surface area contributed by atoms with E-state index >= 15 is 0 Å². The number of carbonyl (C=O) groups is 2. The van der Waals surface area contributed by atoms with Gasteiger partial charge in [0, 0.05) is 41.8 Å². The van der Waals surface area contributed by atoms with Crippen LogP contribution in [0.1, 0.15) is 55.6 Å². The highest BCUT2D eigenvalue weighted by Crippen LogP contribution is 2.49. The number of dihydropyridines is 1. The molecule has 0 unspecified atom stereocenters. The summed E-state index contributed by atoms with van der Waals surface area (Å²) in [5, 5.41) is 3.40. The Labute approximate surface area is 240 Å². The van der Waals surface area contributed by atoms with Crippen LogP contribution in [0, 0.1) is 0 Å². The third kappa shape index (κ3) is 5.51. The lowest BCUT2D eigenvalue weighted by Gasteiger charge is -2.37. The normalized spacial score (nSPS) is 22.2. The quantitative estimate of drug-likeness (QED) is 0.431. The Hall–Kier alpha value is -3.98. The first-order valence-electron chi connectivity index (χ1n) is 13.9. The van der Waals surface area contributed by atoms with E-state index in [-0.39, 0.29) is 30.8 Å². The average molecular weight is 564 g/mol. The number of allylic oxidation sites excluding steroid dienone is 3. The van der Waals surface area contributed by atoms with Crippen molar-refractivity contribution in [3.05, 3.63) is 70.1 Å². The van der Waals surface area contributed by atoms with E-state index in [1.807, 2.05) is 31.2 Å². The zero-order chi connectivity index (χ0) is 29.1. The van der Waals surface area contributed by atoms with Crippen LogP contribution in [0.25, 0.3) is 0 Å². The standard InChI is InChI=1S/C32H37NO8/c1-18-28(32(35)41-17-21-9-8-12-40-21)29(20-15-26(37-3)31(39-5)27(16-20)38-4)30-23(33-18)13-19(14-24(30)34)22-10-6-7-11-25(22)36-2/h6-7,10-11,15-16,19,21,29,33H,8-9,12-14,17H2,1-5H3/t19-,21-,29+/m0/s1. The molecule has 41 heavy (non-hydrogen) atoms. The molecular weight excluding hydrogens is 526 g/mol. The van der Waals surface area contributed by atoms with Crippen molar-refractivity contribution in [1.82, 2.24) is 5.32 Å². The van der Waals surface area contributed by atoms with Gasteiger partial charge in [0.05, 0.1) is 40.1 Å². The Kier molecular flexibility index (Phi) is 8.54. The fourth-order valence-corrected chi connectivity index (χ4v) is 6.16. The minimum absolute atomic E-state index is 0.0506. The molecule has 0 spiro atoms. The molecule has 1 saturated heterocycles. The lowest BCUT2D eigenvalue weighted by atomic mass is 9.71. The summed E-state index contributed by atoms with van der Waals surface area (Å²) < 4.78 is 33.8. The molecule has 0 amide bonds. The first-order valence-corrected chi connectivity index (χ1v) is 13.9. The van der Waals surface area contributed by atoms with Gasteiger partial charge in [0.25, 0.3) is 0 Å². The summed E-state index contributed by atoms with van der Waals surface area (Å²) in [5.41, 5.74) is 3.98. The van der Waals surface area contributed by atoms with Crippen molar-refractivity contribution in [3.8, 4) is 23.0 Å². The summed E-state index contributed by atoms with van der Waals surface area (Å²) in [6.45, 7) is 2.67. The summed E-state index contributed by atoms with van der Waals surface area (Å²) in [4.78, 5) is 27.8. The fraction of sp³-hybridized carbons (Fsp3) is 0.438. The van der Waals surface area contributed by atoms with Crippen LogP contribution in [0.2, 0.25) is 0 Å². The number of carbonyl (C=O) groups excluding carboxylic acids is 2. The molecule has 2 aromatic rings. The predicted molar refractivity (Wildman–Crippen MR) is 152 cm³/mol. The van der Waals surface area contributed by atoms with E-state index in [4.69, 9.17) is 28.4 Å². The summed E-state index contributed by atoms with van der Waals surface area (Å²) in [6.07, 6.45) is 2.52. The van der Waals surface area contributed by atoms with E-state index in [2.05, 4.69) is 5.32 Å². The molecule has 0 aromatic heterocycles. The number of esters is 1. The maximum Gasteiger partial charge on any atom is 0.336 e. The molecule has 3 aliphatic rings. The highest BCUT2D eigenvalue weighted by molar-refractivity contribution is 6.04. The lowest BCUT2D eigenvalue weighted by molar-refractivity contribution is -0.142. The number of rotatable bonds is 9. The minimum atomic E-state index is -0.692. The summed E-state index contributed by atoms with van der Waals surface area (Å²) >= 11 is 0. The van der Waals surface area contributed by atoms with E-state index in [1.54, 1.807) is 19.2 Å². The van der Waals surface area contributed by atoms with Gasteiger partial charge in [-0.25, -0.2) is 4.79 Å². The molecule has 0 radical (unpaired) electrons. The van der Waals surface area contributed by atoms with Crippen LogP contribution in [-0.4, -0.2) is 59.5 Å². The Morgan fingerprint density at radius 3 is 2.32 bits per heavy atom. The molecule has 2 aliphatic heterocycles. The van der Waals surface area contributed by atoms with Crippen molar-refractivity contribution in [1.29, 1.82) is 0 Å². The number of ether oxygens (including phenoxy) is 6. The summed E-state index contributed by atoms with van der Waals surface area (Å²) in [6, 6.07) is 11.4. The first kappa shape index (κ1) is 28.5. The second-order valence-corrected chi connectivity index (χ2v) is 10.5. The Morgan fingerprint density at radius 1 is 0.976 bits per heavy atom. The van der Waals surface area contributed by atoms with Crippen LogP contribution in [0.3, 0.4) is 0 Å². The highest BCUT2D eigenvalue weighted by atomic mass is 16.6. The number of Topliss-reactive ketones (excluding diaryl/α,β-unsaturated/α-hetero) is 1.